The number of nitrogens with two attached hydrogens (primary N) is 1. The molecule has 0 atom stereocenters. The molecule has 0 fully saturated rings. The Morgan fingerprint density at radius 1 is 0.639 bits per heavy atom. The highest BCUT2D eigenvalue weighted by atomic mass is 32.2. The van der Waals surface area contributed by atoms with E-state index in [4.69, 9.17) is 10.3 Å². The van der Waals surface area contributed by atoms with Gasteiger partial charge in [0.15, 0.2) is 0 Å². The van der Waals surface area contributed by atoms with Crippen LogP contribution in [0.3, 0.4) is 0 Å². The molecule has 0 rings (SSSR count). The van der Waals surface area contributed by atoms with Gasteiger partial charge in [-0.3, -0.25) is 4.55 Å². The molecule has 0 aromatic carbocycles. The number of hydrogen-bond acceptors (Lipinski definition) is 3. The highest BCUT2D eigenvalue weighted by Crippen LogP contribution is 2.63. The Morgan fingerprint density at radius 3 is 1.22 bits per heavy atom. The highest BCUT2D eigenvalue weighted by Gasteiger charge is 2.94. The third-order valence-corrected chi connectivity index (χ3v) is 4.75. The Labute approximate surface area is 190 Å². The minimum atomic E-state index is -8.60. The normalized spacial score (nSPS) is 15.3. The van der Waals surface area contributed by atoms with Crippen molar-refractivity contribution in [2.45, 2.75) is 66.2 Å². The smallest absolute Gasteiger partial charge is 0.327 e. The average Bonchev–Trinajstić information content (AvgIpc) is 2.65. The molecule has 0 aliphatic heterocycles. The Bertz CT molecular complexity index is 851. The van der Waals surface area contributed by atoms with Crippen molar-refractivity contribution in [3.05, 3.63) is 12.7 Å². The summed E-state index contributed by atoms with van der Waals surface area (Å²) in [5, 5.41) is -7.74. The number of rotatable bonds is 11. The fraction of sp³-hybridized carbons (Fsp3) is 0.857. The molecule has 0 aromatic heterocycles. The zero-order chi connectivity index (χ0) is 30.0. The van der Waals surface area contributed by atoms with Crippen LogP contribution >= 0.6 is 0 Å². The molecule has 0 saturated heterocycles. The standard InChI is InChI=1S/C11H7F17O3S.C3H7N/c12-4(13,2-1-3-5(14,15)16)6(17,18)7(19,20)8(21,22)9(23,24)10(25,26)11(27,28)32(29,30)31;1-2-3-4/h1-3H2,(H,29,30,31);2H,1,3-4H2. The summed E-state index contributed by atoms with van der Waals surface area (Å²) in [6.45, 7) is 3.94. The van der Waals surface area contributed by atoms with E-state index in [1.807, 2.05) is 0 Å². The second-order valence-corrected chi connectivity index (χ2v) is 8.02. The van der Waals surface area contributed by atoms with Gasteiger partial charge in [-0.25, -0.2) is 0 Å². The summed E-state index contributed by atoms with van der Waals surface area (Å²) in [7, 11) is -7.82. The topological polar surface area (TPSA) is 80.4 Å². The first-order chi connectivity index (χ1) is 15.4. The van der Waals surface area contributed by atoms with Gasteiger partial charge in [0.05, 0.1) is 0 Å². The van der Waals surface area contributed by atoms with E-state index in [2.05, 4.69) is 6.58 Å². The Kier molecular flexibility index (Phi) is 10.8. The van der Waals surface area contributed by atoms with Gasteiger partial charge in [-0.1, -0.05) is 6.08 Å². The minimum absolute atomic E-state index is 0.583. The molecule has 0 amide bonds. The van der Waals surface area contributed by atoms with Crippen molar-refractivity contribution in [2.24, 2.45) is 5.73 Å². The van der Waals surface area contributed by atoms with Gasteiger partial charge in [-0.2, -0.15) is 83.1 Å². The van der Waals surface area contributed by atoms with Gasteiger partial charge in [0.1, 0.15) is 0 Å². The van der Waals surface area contributed by atoms with Gasteiger partial charge in [-0.15, -0.1) is 6.58 Å². The molecule has 36 heavy (non-hydrogen) atoms. The van der Waals surface area contributed by atoms with Crippen molar-refractivity contribution < 1.29 is 87.6 Å². The molecule has 0 unspecified atom stereocenters. The van der Waals surface area contributed by atoms with Crippen molar-refractivity contribution in [2.75, 3.05) is 6.54 Å². The Morgan fingerprint density at radius 2 is 0.944 bits per heavy atom. The summed E-state index contributed by atoms with van der Waals surface area (Å²) in [5.74, 6) is -48.5. The first-order valence-corrected chi connectivity index (χ1v) is 9.80. The summed E-state index contributed by atoms with van der Waals surface area (Å²) in [6, 6.07) is 0. The molecule has 0 radical (unpaired) electrons. The van der Waals surface area contributed by atoms with E-state index in [0.29, 0.717) is 6.54 Å². The Balaban J connectivity index is 0. The van der Waals surface area contributed by atoms with Gasteiger partial charge in [0.2, 0.25) is 0 Å². The number of alkyl halides is 17. The van der Waals surface area contributed by atoms with E-state index in [1.165, 1.54) is 0 Å². The molecule has 0 bridgehead atoms. The average molecular weight is 599 g/mol. The van der Waals surface area contributed by atoms with Crippen LogP contribution in [-0.2, 0) is 10.1 Å². The van der Waals surface area contributed by atoms with Gasteiger partial charge >= 0.3 is 57.1 Å². The van der Waals surface area contributed by atoms with Crippen LogP contribution in [0.1, 0.15) is 19.3 Å². The number of hydrogen-bond donors (Lipinski definition) is 2. The van der Waals surface area contributed by atoms with Crippen LogP contribution in [0.5, 0.6) is 0 Å². The van der Waals surface area contributed by atoms with Crippen molar-refractivity contribution in [3.63, 3.8) is 0 Å². The van der Waals surface area contributed by atoms with Crippen molar-refractivity contribution in [1.29, 1.82) is 0 Å². The third-order valence-electron chi connectivity index (χ3n) is 3.84. The van der Waals surface area contributed by atoms with Crippen LogP contribution in [0.2, 0.25) is 0 Å². The van der Waals surface area contributed by atoms with E-state index in [0.717, 1.165) is 0 Å². The zero-order valence-corrected chi connectivity index (χ0v) is 17.6. The van der Waals surface area contributed by atoms with E-state index < -0.39 is 76.3 Å². The summed E-state index contributed by atoms with van der Waals surface area (Å²) in [4.78, 5) is 0. The third kappa shape index (κ3) is 6.45. The fourth-order valence-corrected chi connectivity index (χ4v) is 2.29. The maximum absolute atomic E-state index is 13.4. The molecule has 0 saturated carbocycles. The fourth-order valence-electron chi connectivity index (χ4n) is 1.83. The van der Waals surface area contributed by atoms with E-state index in [1.54, 1.807) is 6.08 Å². The lowest BCUT2D eigenvalue weighted by atomic mass is 9.89. The minimum Gasteiger partial charge on any atom is -0.327 e. The highest BCUT2D eigenvalue weighted by molar-refractivity contribution is 7.87. The van der Waals surface area contributed by atoms with Gasteiger partial charge in [0.25, 0.3) is 0 Å². The maximum atomic E-state index is 13.4. The van der Waals surface area contributed by atoms with Crippen LogP contribution in [0.15, 0.2) is 12.7 Å². The predicted octanol–water partition coefficient (Wildman–Crippen LogP) is 6.14. The van der Waals surface area contributed by atoms with Gasteiger partial charge in [0, 0.05) is 19.4 Å². The van der Waals surface area contributed by atoms with Crippen LogP contribution in [0.4, 0.5) is 74.6 Å². The van der Waals surface area contributed by atoms with Crippen molar-refractivity contribution in [3.8, 4) is 0 Å². The van der Waals surface area contributed by atoms with Crippen LogP contribution < -0.4 is 5.73 Å². The molecule has 0 aliphatic carbocycles. The predicted molar refractivity (Wildman–Crippen MR) is 85.3 cm³/mol. The lowest BCUT2D eigenvalue weighted by molar-refractivity contribution is -0.436. The largest absolute Gasteiger partial charge is 0.438 e. The van der Waals surface area contributed by atoms with Crippen molar-refractivity contribution in [1.82, 2.24) is 0 Å². The van der Waals surface area contributed by atoms with Crippen LogP contribution in [0.25, 0.3) is 0 Å². The SMILES string of the molecule is C=CCN.O=S(=O)(O)C(F)(F)C(F)(F)C(F)(F)C(F)(F)C(F)(F)C(F)(F)C(F)(F)CCCC(F)(F)F. The van der Waals surface area contributed by atoms with Crippen LogP contribution in [0, 0.1) is 0 Å². The lowest BCUT2D eigenvalue weighted by Crippen LogP contribution is -2.73. The van der Waals surface area contributed by atoms with Gasteiger partial charge in [-0.05, 0) is 6.42 Å². The quantitative estimate of drug-likeness (QED) is 0.170. The Hall–Kier alpha value is -1.58. The van der Waals surface area contributed by atoms with E-state index >= 15 is 0 Å². The maximum Gasteiger partial charge on any atom is 0.438 e. The molecule has 0 spiro atoms. The summed E-state index contributed by atoms with van der Waals surface area (Å²) < 4.78 is 249. The first-order valence-electron chi connectivity index (χ1n) is 8.36. The molecule has 218 valence electrons. The second-order valence-electron chi connectivity index (χ2n) is 6.56. The molecular weight excluding hydrogens is 585 g/mol. The summed E-state index contributed by atoms with van der Waals surface area (Å²) >= 11 is 0. The van der Waals surface area contributed by atoms with E-state index in [9.17, 15) is 83.1 Å². The van der Waals surface area contributed by atoms with E-state index in [-0.39, 0.29) is 0 Å². The molecular formula is C14H14F17NO3S. The second kappa shape index (κ2) is 10.7. The monoisotopic (exact) mass is 599 g/mol. The molecule has 0 heterocycles. The summed E-state index contributed by atoms with van der Waals surface area (Å²) in [5.41, 5.74) is 4.91. The van der Waals surface area contributed by atoms with Gasteiger partial charge < -0.3 is 5.73 Å². The zero-order valence-electron chi connectivity index (χ0n) is 16.8. The summed E-state index contributed by atoms with van der Waals surface area (Å²) in [6.07, 6.45) is -11.4. The van der Waals surface area contributed by atoms with Crippen LogP contribution in [-0.4, -0.2) is 66.5 Å². The number of halogens is 17. The lowest BCUT2D eigenvalue weighted by Gasteiger charge is -2.42. The molecule has 0 aromatic rings. The molecule has 4 nitrogen and oxygen atoms in total. The van der Waals surface area contributed by atoms with Crippen molar-refractivity contribution >= 4 is 10.1 Å². The molecule has 3 N–H and O–H groups in total. The molecule has 22 heteroatoms. The molecule has 0 aliphatic rings. The first kappa shape index (κ1) is 36.6.